The number of hydrogen-bond donors (Lipinski definition) is 1. The van der Waals surface area contributed by atoms with Crippen molar-refractivity contribution in [1.82, 2.24) is 4.90 Å². The fraction of sp³-hybridized carbons (Fsp3) is 0.692. The van der Waals surface area contributed by atoms with Crippen molar-refractivity contribution < 1.29 is 9.15 Å². The maximum Gasteiger partial charge on any atom is 0.118 e. The number of aryl methyl sites for hydroxylation is 1. The van der Waals surface area contributed by atoms with Gasteiger partial charge in [-0.15, -0.1) is 0 Å². The van der Waals surface area contributed by atoms with Gasteiger partial charge < -0.3 is 14.9 Å². The molecule has 1 aliphatic heterocycles. The van der Waals surface area contributed by atoms with E-state index in [1.54, 1.807) is 0 Å². The summed E-state index contributed by atoms with van der Waals surface area (Å²) in [6.07, 6.45) is 2.24. The van der Waals surface area contributed by atoms with Crippen molar-refractivity contribution in [1.29, 1.82) is 0 Å². The summed E-state index contributed by atoms with van der Waals surface area (Å²) in [6.45, 7) is 5.18. The second-order valence-electron chi connectivity index (χ2n) is 4.76. The van der Waals surface area contributed by atoms with Crippen LogP contribution < -0.4 is 5.73 Å². The van der Waals surface area contributed by atoms with Gasteiger partial charge in [0.2, 0.25) is 0 Å². The first kappa shape index (κ1) is 12.6. The number of nitrogens with two attached hydrogens (primary N) is 1. The highest BCUT2D eigenvalue weighted by atomic mass is 16.5. The summed E-state index contributed by atoms with van der Waals surface area (Å²) in [7, 11) is 2.17. The first-order valence-corrected chi connectivity index (χ1v) is 6.27. The van der Waals surface area contributed by atoms with Crippen LogP contribution in [0.5, 0.6) is 0 Å². The molecule has 1 aromatic rings. The number of furan rings is 1. The fourth-order valence-electron chi connectivity index (χ4n) is 2.37. The van der Waals surface area contributed by atoms with E-state index in [1.807, 2.05) is 6.92 Å². The van der Waals surface area contributed by atoms with Crippen LogP contribution in [0.2, 0.25) is 0 Å². The molecule has 0 aliphatic carbocycles. The lowest BCUT2D eigenvalue weighted by Crippen LogP contribution is -2.36. The van der Waals surface area contributed by atoms with E-state index in [1.165, 1.54) is 5.56 Å². The molecular formula is C13H22N2O2. The summed E-state index contributed by atoms with van der Waals surface area (Å²) < 4.78 is 11.0. The molecule has 4 nitrogen and oxygen atoms in total. The predicted octanol–water partition coefficient (Wildman–Crippen LogP) is 1.66. The van der Waals surface area contributed by atoms with E-state index in [4.69, 9.17) is 14.9 Å². The minimum absolute atomic E-state index is 0.474. The Labute approximate surface area is 103 Å². The van der Waals surface area contributed by atoms with Gasteiger partial charge in [0, 0.05) is 31.4 Å². The van der Waals surface area contributed by atoms with Gasteiger partial charge in [-0.25, -0.2) is 0 Å². The van der Waals surface area contributed by atoms with E-state index < -0.39 is 0 Å². The molecule has 2 rings (SSSR count). The number of hydrogen-bond acceptors (Lipinski definition) is 4. The van der Waals surface area contributed by atoms with Crippen molar-refractivity contribution >= 4 is 0 Å². The molecular weight excluding hydrogens is 216 g/mol. The molecule has 0 radical (unpaired) electrons. The molecule has 0 saturated carbocycles. The topological polar surface area (TPSA) is 51.6 Å². The Hall–Kier alpha value is -0.840. The van der Waals surface area contributed by atoms with Crippen molar-refractivity contribution in [3.63, 3.8) is 0 Å². The summed E-state index contributed by atoms with van der Waals surface area (Å²) >= 11 is 0. The van der Waals surface area contributed by atoms with E-state index in [0.717, 1.165) is 44.1 Å². The lowest BCUT2D eigenvalue weighted by atomic mass is 10.1. The maximum absolute atomic E-state index is 5.58. The van der Waals surface area contributed by atoms with Crippen LogP contribution in [0.3, 0.4) is 0 Å². The van der Waals surface area contributed by atoms with Crippen molar-refractivity contribution in [3.05, 3.63) is 23.2 Å². The Morgan fingerprint density at radius 3 is 2.71 bits per heavy atom. The largest absolute Gasteiger partial charge is 0.465 e. The third-order valence-electron chi connectivity index (χ3n) is 3.51. The summed E-state index contributed by atoms with van der Waals surface area (Å²) in [5.74, 6) is 1.86. The van der Waals surface area contributed by atoms with Crippen LogP contribution in [0.25, 0.3) is 0 Å². The molecule has 0 amide bonds. The summed E-state index contributed by atoms with van der Waals surface area (Å²) in [4.78, 5) is 2.39. The molecule has 0 aromatic carbocycles. The average Bonchev–Trinajstić information content (AvgIpc) is 2.71. The van der Waals surface area contributed by atoms with Crippen LogP contribution in [0.15, 0.2) is 10.5 Å². The normalized spacial score (nSPS) is 17.9. The Morgan fingerprint density at radius 1 is 1.41 bits per heavy atom. The van der Waals surface area contributed by atoms with Gasteiger partial charge in [0.25, 0.3) is 0 Å². The lowest BCUT2D eigenvalue weighted by Gasteiger charge is -2.30. The average molecular weight is 238 g/mol. The van der Waals surface area contributed by atoms with Gasteiger partial charge in [-0.1, -0.05) is 0 Å². The Morgan fingerprint density at radius 2 is 2.12 bits per heavy atom. The van der Waals surface area contributed by atoms with Gasteiger partial charge >= 0.3 is 0 Å². The van der Waals surface area contributed by atoms with Crippen LogP contribution in [0, 0.1) is 6.92 Å². The SMILES string of the molecule is Cc1oc(CN)cc1CN(C)C1CCOCC1. The van der Waals surface area contributed by atoms with Crippen LogP contribution in [-0.4, -0.2) is 31.2 Å². The van der Waals surface area contributed by atoms with Gasteiger partial charge in [0.1, 0.15) is 11.5 Å². The highest BCUT2D eigenvalue weighted by Gasteiger charge is 2.19. The van der Waals surface area contributed by atoms with Crippen LogP contribution >= 0.6 is 0 Å². The zero-order valence-electron chi connectivity index (χ0n) is 10.7. The van der Waals surface area contributed by atoms with Gasteiger partial charge in [0.15, 0.2) is 0 Å². The molecule has 1 saturated heterocycles. The Bertz CT molecular complexity index is 356. The van der Waals surface area contributed by atoms with Gasteiger partial charge in [-0.3, -0.25) is 4.90 Å². The second kappa shape index (κ2) is 5.67. The van der Waals surface area contributed by atoms with E-state index in [0.29, 0.717) is 12.6 Å². The van der Waals surface area contributed by atoms with Crippen LogP contribution in [0.4, 0.5) is 0 Å². The third-order valence-corrected chi connectivity index (χ3v) is 3.51. The predicted molar refractivity (Wildman–Crippen MR) is 66.6 cm³/mol. The van der Waals surface area contributed by atoms with Gasteiger partial charge in [0.05, 0.1) is 6.54 Å². The Balaban J connectivity index is 1.96. The Kier molecular flexibility index (Phi) is 4.20. The van der Waals surface area contributed by atoms with Crippen molar-refractivity contribution in [3.8, 4) is 0 Å². The second-order valence-corrected chi connectivity index (χ2v) is 4.76. The first-order chi connectivity index (χ1) is 8.20. The van der Waals surface area contributed by atoms with Crippen LogP contribution in [0.1, 0.15) is 29.9 Å². The van der Waals surface area contributed by atoms with Crippen molar-refractivity contribution in [2.45, 2.75) is 38.9 Å². The monoisotopic (exact) mass is 238 g/mol. The minimum Gasteiger partial charge on any atom is -0.465 e. The molecule has 0 spiro atoms. The molecule has 0 atom stereocenters. The number of ether oxygens (including phenoxy) is 1. The van der Waals surface area contributed by atoms with Gasteiger partial charge in [-0.05, 0) is 32.9 Å². The standard InChI is InChI=1S/C13H22N2O2/c1-10-11(7-13(8-14)17-10)9-15(2)12-3-5-16-6-4-12/h7,12H,3-6,8-9,14H2,1-2H3. The molecule has 0 bridgehead atoms. The molecule has 0 unspecified atom stereocenters. The van der Waals surface area contributed by atoms with E-state index in [9.17, 15) is 0 Å². The maximum atomic E-state index is 5.58. The van der Waals surface area contributed by atoms with Crippen molar-refractivity contribution in [2.24, 2.45) is 5.73 Å². The molecule has 1 fully saturated rings. The van der Waals surface area contributed by atoms with Crippen LogP contribution in [-0.2, 0) is 17.8 Å². The van der Waals surface area contributed by atoms with E-state index >= 15 is 0 Å². The number of rotatable bonds is 4. The fourth-order valence-corrected chi connectivity index (χ4v) is 2.37. The summed E-state index contributed by atoms with van der Waals surface area (Å²) in [5.41, 5.74) is 6.83. The zero-order chi connectivity index (χ0) is 12.3. The smallest absolute Gasteiger partial charge is 0.118 e. The third kappa shape index (κ3) is 3.09. The van der Waals surface area contributed by atoms with Crippen molar-refractivity contribution in [2.75, 3.05) is 20.3 Å². The molecule has 1 aliphatic rings. The molecule has 4 heteroatoms. The highest BCUT2D eigenvalue weighted by Crippen LogP contribution is 2.20. The van der Waals surface area contributed by atoms with E-state index in [2.05, 4.69) is 18.0 Å². The lowest BCUT2D eigenvalue weighted by molar-refractivity contribution is 0.0406. The first-order valence-electron chi connectivity index (χ1n) is 6.27. The molecule has 1 aromatic heterocycles. The summed E-state index contributed by atoms with van der Waals surface area (Å²) in [5, 5.41) is 0. The molecule has 96 valence electrons. The van der Waals surface area contributed by atoms with Gasteiger partial charge in [-0.2, -0.15) is 0 Å². The van der Waals surface area contributed by atoms with E-state index in [-0.39, 0.29) is 0 Å². The molecule has 2 heterocycles. The zero-order valence-corrected chi connectivity index (χ0v) is 10.7. The summed E-state index contributed by atoms with van der Waals surface area (Å²) in [6, 6.07) is 2.70. The molecule has 17 heavy (non-hydrogen) atoms. The minimum atomic E-state index is 0.474. The highest BCUT2D eigenvalue weighted by molar-refractivity contribution is 5.20. The quantitative estimate of drug-likeness (QED) is 0.866. The molecule has 2 N–H and O–H groups in total. The number of nitrogens with zero attached hydrogens (tertiary/aromatic N) is 1.